The van der Waals surface area contributed by atoms with E-state index >= 15 is 0 Å². The first-order valence-electron chi connectivity index (χ1n) is 7.90. The third kappa shape index (κ3) is 5.50. The number of carbonyl (C=O) groups excluding carboxylic acids is 4. The van der Waals surface area contributed by atoms with Gasteiger partial charge < -0.3 is 18.9 Å². The van der Waals surface area contributed by atoms with Crippen LogP contribution >= 0.6 is 0 Å². The standard InChI is InChI=1S/C16H24O8/c1-9(2)14(18)24-13-11(4)23-15(19)10(3)7-22-16(20)12(13)5-6-21-8-17/h8-13H,5-7H2,1-4H3/t10-,11-,12+,13-/m0/s1. The zero-order valence-corrected chi connectivity index (χ0v) is 14.4. The highest BCUT2D eigenvalue weighted by Gasteiger charge is 2.40. The molecule has 136 valence electrons. The Morgan fingerprint density at radius 3 is 2.54 bits per heavy atom. The molecule has 0 aliphatic carbocycles. The van der Waals surface area contributed by atoms with E-state index in [-0.39, 0.29) is 26.1 Å². The number of hydrogen-bond donors (Lipinski definition) is 0. The fourth-order valence-electron chi connectivity index (χ4n) is 2.18. The zero-order chi connectivity index (χ0) is 18.3. The quantitative estimate of drug-likeness (QED) is 0.302. The van der Waals surface area contributed by atoms with Crippen LogP contribution in [0.4, 0.5) is 0 Å². The summed E-state index contributed by atoms with van der Waals surface area (Å²) in [7, 11) is 0. The van der Waals surface area contributed by atoms with Gasteiger partial charge in [0.15, 0.2) is 6.10 Å². The van der Waals surface area contributed by atoms with Crippen molar-refractivity contribution in [2.24, 2.45) is 17.8 Å². The fraction of sp³-hybridized carbons (Fsp3) is 0.750. The smallest absolute Gasteiger partial charge is 0.313 e. The Labute approximate surface area is 140 Å². The van der Waals surface area contributed by atoms with Crippen molar-refractivity contribution in [1.29, 1.82) is 0 Å². The minimum Gasteiger partial charge on any atom is -0.468 e. The van der Waals surface area contributed by atoms with E-state index in [0.717, 1.165) is 0 Å². The molecule has 1 fully saturated rings. The van der Waals surface area contributed by atoms with E-state index in [2.05, 4.69) is 4.74 Å². The highest BCUT2D eigenvalue weighted by Crippen LogP contribution is 2.24. The summed E-state index contributed by atoms with van der Waals surface area (Å²) < 4.78 is 20.5. The molecule has 8 nitrogen and oxygen atoms in total. The molecule has 0 aromatic carbocycles. The summed E-state index contributed by atoms with van der Waals surface area (Å²) in [5.41, 5.74) is 0. The van der Waals surface area contributed by atoms with Gasteiger partial charge in [0, 0.05) is 0 Å². The summed E-state index contributed by atoms with van der Waals surface area (Å²) in [6.45, 7) is 6.52. The molecular weight excluding hydrogens is 320 g/mol. The van der Waals surface area contributed by atoms with Crippen LogP contribution in [0.5, 0.6) is 0 Å². The molecule has 0 aromatic rings. The summed E-state index contributed by atoms with van der Waals surface area (Å²) in [5.74, 6) is -3.62. The van der Waals surface area contributed by atoms with E-state index in [9.17, 15) is 19.2 Å². The number of carbonyl (C=O) groups is 4. The van der Waals surface area contributed by atoms with Crippen molar-refractivity contribution < 1.29 is 38.1 Å². The van der Waals surface area contributed by atoms with Crippen LogP contribution in [0.25, 0.3) is 0 Å². The third-order valence-electron chi connectivity index (χ3n) is 3.68. The molecule has 1 aliphatic rings. The lowest BCUT2D eigenvalue weighted by molar-refractivity contribution is -0.177. The van der Waals surface area contributed by atoms with Gasteiger partial charge in [-0.2, -0.15) is 0 Å². The lowest BCUT2D eigenvalue weighted by Crippen LogP contribution is -2.43. The van der Waals surface area contributed by atoms with Gasteiger partial charge in [-0.3, -0.25) is 19.2 Å². The molecular formula is C16H24O8. The number of esters is 3. The third-order valence-corrected chi connectivity index (χ3v) is 3.68. The number of cyclic esters (lactones) is 2. The highest BCUT2D eigenvalue weighted by atomic mass is 16.6. The van der Waals surface area contributed by atoms with Gasteiger partial charge in [0.05, 0.1) is 18.4 Å². The van der Waals surface area contributed by atoms with E-state index < -0.39 is 47.9 Å². The molecule has 0 aromatic heterocycles. The van der Waals surface area contributed by atoms with Crippen LogP contribution in [-0.2, 0) is 38.1 Å². The first-order valence-corrected chi connectivity index (χ1v) is 7.90. The molecule has 1 rings (SSSR count). The second kappa shape index (κ2) is 9.24. The topological polar surface area (TPSA) is 105 Å². The Morgan fingerprint density at radius 2 is 1.96 bits per heavy atom. The van der Waals surface area contributed by atoms with E-state index in [0.29, 0.717) is 0 Å². The predicted molar refractivity (Wildman–Crippen MR) is 80.5 cm³/mol. The molecule has 0 saturated carbocycles. The van der Waals surface area contributed by atoms with Gasteiger partial charge in [0.25, 0.3) is 6.47 Å². The average molecular weight is 344 g/mol. The van der Waals surface area contributed by atoms with Crippen molar-refractivity contribution in [3.05, 3.63) is 0 Å². The van der Waals surface area contributed by atoms with Crippen molar-refractivity contribution in [2.45, 2.75) is 46.3 Å². The maximum atomic E-state index is 12.3. The fourth-order valence-corrected chi connectivity index (χ4v) is 2.18. The van der Waals surface area contributed by atoms with E-state index in [1.807, 2.05) is 0 Å². The minimum atomic E-state index is -1.02. The molecule has 0 unspecified atom stereocenters. The molecule has 0 N–H and O–H groups in total. The molecule has 0 amide bonds. The van der Waals surface area contributed by atoms with Crippen LogP contribution in [0.2, 0.25) is 0 Å². The van der Waals surface area contributed by atoms with Crippen molar-refractivity contribution in [2.75, 3.05) is 13.2 Å². The summed E-state index contributed by atoms with van der Waals surface area (Å²) in [5, 5.41) is 0. The van der Waals surface area contributed by atoms with Crippen LogP contribution in [0.15, 0.2) is 0 Å². The Kier molecular flexibility index (Phi) is 7.67. The lowest BCUT2D eigenvalue weighted by Gasteiger charge is -2.29. The zero-order valence-electron chi connectivity index (χ0n) is 14.4. The summed E-state index contributed by atoms with van der Waals surface area (Å²) >= 11 is 0. The van der Waals surface area contributed by atoms with Crippen molar-refractivity contribution in [3.63, 3.8) is 0 Å². The Hall–Kier alpha value is -2.12. The van der Waals surface area contributed by atoms with Crippen LogP contribution < -0.4 is 0 Å². The molecule has 0 spiro atoms. The molecule has 4 atom stereocenters. The molecule has 24 heavy (non-hydrogen) atoms. The first-order chi connectivity index (χ1) is 11.3. The van der Waals surface area contributed by atoms with Gasteiger partial charge in [-0.05, 0) is 20.3 Å². The SMILES string of the molecule is CC(C)C(=O)O[C@H]1[C@H](C)OC(=O)[C@@H](C)COC(=O)[C@@H]1CCOC=O. The highest BCUT2D eigenvalue weighted by molar-refractivity contribution is 5.77. The van der Waals surface area contributed by atoms with Gasteiger partial charge in [-0.1, -0.05) is 13.8 Å². The van der Waals surface area contributed by atoms with Crippen molar-refractivity contribution in [3.8, 4) is 0 Å². The lowest BCUT2D eigenvalue weighted by atomic mass is 9.95. The van der Waals surface area contributed by atoms with Gasteiger partial charge >= 0.3 is 17.9 Å². The van der Waals surface area contributed by atoms with Gasteiger partial charge in [-0.25, -0.2) is 0 Å². The molecule has 8 heteroatoms. The second-order valence-electron chi connectivity index (χ2n) is 6.09. The summed E-state index contributed by atoms with van der Waals surface area (Å²) in [6.07, 6.45) is -1.77. The van der Waals surface area contributed by atoms with Gasteiger partial charge in [0.1, 0.15) is 18.6 Å². The molecule has 1 aliphatic heterocycles. The van der Waals surface area contributed by atoms with Crippen LogP contribution in [0.1, 0.15) is 34.1 Å². The predicted octanol–water partition coefficient (Wildman–Crippen LogP) is 0.858. The molecule has 1 saturated heterocycles. The largest absolute Gasteiger partial charge is 0.468 e. The second-order valence-corrected chi connectivity index (χ2v) is 6.09. The molecule has 0 radical (unpaired) electrons. The number of rotatable bonds is 6. The number of ether oxygens (including phenoxy) is 4. The van der Waals surface area contributed by atoms with Crippen LogP contribution in [-0.4, -0.2) is 49.8 Å². The van der Waals surface area contributed by atoms with Crippen molar-refractivity contribution >= 4 is 24.4 Å². The monoisotopic (exact) mass is 344 g/mol. The van der Waals surface area contributed by atoms with E-state index in [1.54, 1.807) is 27.7 Å². The summed E-state index contributed by atoms with van der Waals surface area (Å²) in [6, 6.07) is 0. The minimum absolute atomic E-state index is 0.0464. The normalized spacial score (nSPS) is 28.0. The van der Waals surface area contributed by atoms with E-state index in [1.165, 1.54) is 0 Å². The molecule has 0 bridgehead atoms. The Balaban J connectivity index is 3.05. The molecule has 1 heterocycles. The maximum Gasteiger partial charge on any atom is 0.313 e. The average Bonchev–Trinajstić information content (AvgIpc) is 2.56. The van der Waals surface area contributed by atoms with Gasteiger partial charge in [-0.15, -0.1) is 0 Å². The first kappa shape index (κ1) is 19.9. The maximum absolute atomic E-state index is 12.3. The number of hydrogen-bond acceptors (Lipinski definition) is 8. The van der Waals surface area contributed by atoms with Crippen LogP contribution in [0.3, 0.4) is 0 Å². The Morgan fingerprint density at radius 1 is 1.29 bits per heavy atom. The van der Waals surface area contributed by atoms with Crippen LogP contribution in [0, 0.1) is 17.8 Å². The van der Waals surface area contributed by atoms with Crippen molar-refractivity contribution in [1.82, 2.24) is 0 Å². The van der Waals surface area contributed by atoms with E-state index in [4.69, 9.17) is 14.2 Å². The van der Waals surface area contributed by atoms with Gasteiger partial charge in [0.2, 0.25) is 0 Å². The summed E-state index contributed by atoms with van der Waals surface area (Å²) in [4.78, 5) is 46.6. The Bertz CT molecular complexity index is 473.